The number of hydrogen-bond acceptors (Lipinski definition) is 5. The molecule has 5 heteroatoms. The number of aromatic nitrogens is 2. The van der Waals surface area contributed by atoms with Gasteiger partial charge in [-0.1, -0.05) is 26.2 Å². The summed E-state index contributed by atoms with van der Waals surface area (Å²) in [6.07, 6.45) is 6.76. The molecule has 2 aromatic rings. The highest BCUT2D eigenvalue weighted by molar-refractivity contribution is 5.97. The molecule has 3 unspecified atom stereocenters. The molecule has 128 valence electrons. The van der Waals surface area contributed by atoms with E-state index in [0.717, 1.165) is 22.6 Å². The van der Waals surface area contributed by atoms with E-state index in [4.69, 9.17) is 4.74 Å². The number of hydrogen-bond donors (Lipinski definition) is 1. The summed E-state index contributed by atoms with van der Waals surface area (Å²) < 4.78 is 4.82. The molecule has 0 aliphatic heterocycles. The highest BCUT2D eigenvalue weighted by atomic mass is 16.5. The summed E-state index contributed by atoms with van der Waals surface area (Å²) in [6.45, 7) is 4.57. The Hall–Kier alpha value is -2.17. The zero-order chi connectivity index (χ0) is 17.1. The van der Waals surface area contributed by atoms with Crippen LogP contribution in [0.25, 0.3) is 10.9 Å². The van der Waals surface area contributed by atoms with Gasteiger partial charge in [-0.2, -0.15) is 0 Å². The molecule has 0 bridgehead atoms. The molecule has 24 heavy (non-hydrogen) atoms. The van der Waals surface area contributed by atoms with E-state index in [2.05, 4.69) is 29.1 Å². The summed E-state index contributed by atoms with van der Waals surface area (Å²) in [7, 11) is 1.39. The van der Waals surface area contributed by atoms with Gasteiger partial charge in [-0.3, -0.25) is 0 Å². The van der Waals surface area contributed by atoms with Gasteiger partial charge in [0.2, 0.25) is 0 Å². The van der Waals surface area contributed by atoms with E-state index in [9.17, 15) is 4.79 Å². The van der Waals surface area contributed by atoms with Gasteiger partial charge in [0.05, 0.1) is 18.2 Å². The highest BCUT2D eigenvalue weighted by Gasteiger charge is 2.27. The minimum Gasteiger partial charge on any atom is -0.465 e. The summed E-state index contributed by atoms with van der Waals surface area (Å²) in [5.74, 6) is 1.81. The van der Waals surface area contributed by atoms with E-state index in [-0.39, 0.29) is 5.97 Å². The molecule has 1 aromatic heterocycles. The second kappa shape index (κ2) is 7.16. The van der Waals surface area contributed by atoms with Crippen LogP contribution in [0.2, 0.25) is 0 Å². The van der Waals surface area contributed by atoms with E-state index in [1.54, 1.807) is 18.5 Å². The van der Waals surface area contributed by atoms with Crippen molar-refractivity contribution in [3.05, 3.63) is 30.1 Å². The Bertz CT molecular complexity index is 732. The van der Waals surface area contributed by atoms with E-state index in [1.165, 1.54) is 32.8 Å². The quantitative estimate of drug-likeness (QED) is 0.859. The van der Waals surface area contributed by atoms with Crippen molar-refractivity contribution in [1.29, 1.82) is 0 Å². The van der Waals surface area contributed by atoms with Crippen LogP contribution in [0.1, 0.15) is 49.9 Å². The van der Waals surface area contributed by atoms with Crippen LogP contribution >= 0.6 is 0 Å². The predicted octanol–water partition coefficient (Wildman–Crippen LogP) is 4.04. The lowest BCUT2D eigenvalue weighted by Gasteiger charge is -2.34. The summed E-state index contributed by atoms with van der Waals surface area (Å²) in [6, 6.07) is 5.71. The van der Waals surface area contributed by atoms with Crippen LogP contribution in [0.4, 0.5) is 5.82 Å². The van der Waals surface area contributed by atoms with Crippen molar-refractivity contribution in [3.8, 4) is 0 Å². The zero-order valence-corrected chi connectivity index (χ0v) is 14.6. The molecule has 3 rings (SSSR count). The van der Waals surface area contributed by atoms with Crippen LogP contribution in [-0.2, 0) is 4.74 Å². The van der Waals surface area contributed by atoms with Gasteiger partial charge >= 0.3 is 5.97 Å². The maximum atomic E-state index is 11.8. The number of carbonyl (C=O) groups excluding carboxylic acids is 1. The van der Waals surface area contributed by atoms with E-state index in [1.807, 2.05) is 6.07 Å². The molecule has 1 aliphatic rings. The maximum absolute atomic E-state index is 11.8. The van der Waals surface area contributed by atoms with Gasteiger partial charge in [0, 0.05) is 11.4 Å². The summed E-state index contributed by atoms with van der Waals surface area (Å²) in [5.41, 5.74) is 1.34. The molecule has 1 saturated carbocycles. The van der Waals surface area contributed by atoms with Crippen LogP contribution in [0.3, 0.4) is 0 Å². The number of methoxy groups -OCH3 is 1. The first-order chi connectivity index (χ1) is 11.6. The van der Waals surface area contributed by atoms with Gasteiger partial charge < -0.3 is 10.1 Å². The minimum atomic E-state index is -0.347. The number of benzene rings is 1. The summed E-state index contributed by atoms with van der Waals surface area (Å²) >= 11 is 0. The van der Waals surface area contributed by atoms with Crippen LogP contribution in [0.5, 0.6) is 0 Å². The molecule has 1 heterocycles. The fourth-order valence-corrected chi connectivity index (χ4v) is 3.83. The third-order valence-corrected chi connectivity index (χ3v) is 5.24. The van der Waals surface area contributed by atoms with Crippen LogP contribution in [0.15, 0.2) is 24.5 Å². The van der Waals surface area contributed by atoms with Gasteiger partial charge in [-0.25, -0.2) is 14.8 Å². The Morgan fingerprint density at radius 1 is 1.29 bits per heavy atom. The lowest BCUT2D eigenvalue weighted by Crippen LogP contribution is -2.33. The highest BCUT2D eigenvalue weighted by Crippen LogP contribution is 2.33. The molecule has 1 aromatic carbocycles. The largest absolute Gasteiger partial charge is 0.465 e. The molecule has 1 fully saturated rings. The van der Waals surface area contributed by atoms with Crippen molar-refractivity contribution >= 4 is 22.7 Å². The van der Waals surface area contributed by atoms with Crippen molar-refractivity contribution in [3.63, 3.8) is 0 Å². The van der Waals surface area contributed by atoms with Crippen LogP contribution in [0, 0.1) is 11.8 Å². The predicted molar refractivity (Wildman–Crippen MR) is 95.1 cm³/mol. The molecule has 1 aliphatic carbocycles. The third-order valence-electron chi connectivity index (χ3n) is 5.24. The van der Waals surface area contributed by atoms with E-state index in [0.29, 0.717) is 17.5 Å². The number of fused-ring (bicyclic) bond motifs is 1. The van der Waals surface area contributed by atoms with Gasteiger partial charge in [0.15, 0.2) is 0 Å². The van der Waals surface area contributed by atoms with Crippen molar-refractivity contribution in [2.24, 2.45) is 11.8 Å². The van der Waals surface area contributed by atoms with Gasteiger partial charge in [-0.05, 0) is 43.4 Å². The molecule has 3 atom stereocenters. The summed E-state index contributed by atoms with van der Waals surface area (Å²) in [5, 5.41) is 4.42. The van der Waals surface area contributed by atoms with Gasteiger partial charge in [0.25, 0.3) is 0 Å². The Labute approximate surface area is 142 Å². The average molecular weight is 327 g/mol. The molecule has 0 saturated heterocycles. The molecule has 0 amide bonds. The maximum Gasteiger partial charge on any atom is 0.337 e. The average Bonchev–Trinajstić information content (AvgIpc) is 2.61. The lowest BCUT2D eigenvalue weighted by atomic mass is 9.77. The smallest absolute Gasteiger partial charge is 0.337 e. The molecule has 0 spiro atoms. The molecule has 1 N–H and O–H groups in total. The van der Waals surface area contributed by atoms with E-state index >= 15 is 0 Å². The number of esters is 1. The first-order valence-electron chi connectivity index (χ1n) is 8.69. The number of ether oxygens (including phenoxy) is 1. The number of nitrogens with zero attached hydrogens (tertiary/aromatic N) is 2. The molecule has 5 nitrogen and oxygen atoms in total. The Kier molecular flexibility index (Phi) is 4.97. The lowest BCUT2D eigenvalue weighted by molar-refractivity contribution is 0.0601. The number of carbonyl (C=O) groups is 1. The Balaban J connectivity index is 1.89. The van der Waals surface area contributed by atoms with Crippen LogP contribution < -0.4 is 5.32 Å². The fraction of sp³-hybridized carbons (Fsp3) is 0.526. The first-order valence-corrected chi connectivity index (χ1v) is 8.69. The first kappa shape index (κ1) is 16.7. The molecular formula is C19H25N3O2. The zero-order valence-electron chi connectivity index (χ0n) is 14.6. The topological polar surface area (TPSA) is 64.1 Å². The monoisotopic (exact) mass is 327 g/mol. The van der Waals surface area contributed by atoms with Crippen molar-refractivity contribution in [2.45, 2.75) is 45.6 Å². The fourth-order valence-electron chi connectivity index (χ4n) is 3.83. The summed E-state index contributed by atoms with van der Waals surface area (Å²) in [4.78, 5) is 20.5. The van der Waals surface area contributed by atoms with Gasteiger partial charge in [-0.15, -0.1) is 0 Å². The van der Waals surface area contributed by atoms with Crippen molar-refractivity contribution in [2.75, 3.05) is 12.4 Å². The van der Waals surface area contributed by atoms with Gasteiger partial charge in [0.1, 0.15) is 12.1 Å². The SMILES string of the molecule is COC(=O)c1ccc2ncnc(NC(C)C3CCCCC3C)c2c1. The van der Waals surface area contributed by atoms with Crippen molar-refractivity contribution in [1.82, 2.24) is 9.97 Å². The molecule has 0 radical (unpaired) electrons. The second-order valence-corrected chi connectivity index (χ2v) is 6.80. The number of nitrogens with one attached hydrogen (secondary N) is 1. The Morgan fingerprint density at radius 3 is 2.83 bits per heavy atom. The Morgan fingerprint density at radius 2 is 2.08 bits per heavy atom. The number of rotatable bonds is 4. The standard InChI is InChI=1S/C19H25N3O2/c1-12-6-4-5-7-15(12)13(2)22-18-16-10-14(19(23)24-3)8-9-17(16)20-11-21-18/h8-13,15H,4-7H2,1-3H3,(H,20,21,22). The second-order valence-electron chi connectivity index (χ2n) is 6.80. The van der Waals surface area contributed by atoms with E-state index < -0.39 is 0 Å². The van der Waals surface area contributed by atoms with Crippen LogP contribution in [-0.4, -0.2) is 29.1 Å². The van der Waals surface area contributed by atoms with Crippen molar-refractivity contribution < 1.29 is 9.53 Å². The number of anilines is 1. The third kappa shape index (κ3) is 3.35. The normalized spacial score (nSPS) is 22.1. The molecular weight excluding hydrogens is 302 g/mol. The minimum absolute atomic E-state index is 0.334.